The molecule has 4 heteroatoms. The van der Waals surface area contributed by atoms with Crippen LogP contribution in [0.4, 0.5) is 0 Å². The summed E-state index contributed by atoms with van der Waals surface area (Å²) in [5.41, 5.74) is 4.97. The Morgan fingerprint density at radius 1 is 1.46 bits per heavy atom. The number of aliphatic carboxylic acids is 1. The summed E-state index contributed by atoms with van der Waals surface area (Å²) >= 11 is 1.50. The number of benzene rings is 1. The third kappa shape index (κ3) is 2.11. The van der Waals surface area contributed by atoms with E-state index in [1.54, 1.807) is 12.1 Å². The van der Waals surface area contributed by atoms with Crippen LogP contribution < -0.4 is 10.1 Å². The SMILES string of the molecule is CC(N)(C(=O)O)c1ccc([AsH2])cc1. The molecule has 3 nitrogen and oxygen atoms in total. The van der Waals surface area contributed by atoms with Crippen LogP contribution in [0.2, 0.25) is 0 Å². The molecule has 0 aromatic heterocycles. The Hall–Kier alpha value is -0.792. The van der Waals surface area contributed by atoms with Crippen molar-refractivity contribution in [2.45, 2.75) is 12.5 Å². The topological polar surface area (TPSA) is 63.3 Å². The molecule has 0 aliphatic rings. The summed E-state index contributed by atoms with van der Waals surface area (Å²) in [6.45, 7) is 1.49. The Balaban J connectivity index is 3.08. The first-order valence-electron chi connectivity index (χ1n) is 3.83. The monoisotopic (exact) mass is 241 g/mol. The normalized spacial score (nSPS) is 15.0. The Bertz CT molecular complexity index is 319. The fraction of sp³-hybridized carbons (Fsp3) is 0.222. The fourth-order valence-electron chi connectivity index (χ4n) is 0.953. The number of hydrogen-bond donors (Lipinski definition) is 2. The van der Waals surface area contributed by atoms with Crippen molar-refractivity contribution in [2.24, 2.45) is 5.73 Å². The molecule has 1 aromatic rings. The molecule has 0 aliphatic heterocycles. The van der Waals surface area contributed by atoms with Crippen molar-refractivity contribution in [1.29, 1.82) is 0 Å². The van der Waals surface area contributed by atoms with Crippen LogP contribution >= 0.6 is 0 Å². The Morgan fingerprint density at radius 2 is 1.92 bits per heavy atom. The van der Waals surface area contributed by atoms with Gasteiger partial charge in [-0.25, -0.2) is 0 Å². The minimum atomic E-state index is -1.29. The van der Waals surface area contributed by atoms with Crippen molar-refractivity contribution in [3.8, 4) is 0 Å². The molecule has 2 atom stereocenters. The van der Waals surface area contributed by atoms with E-state index in [1.165, 1.54) is 23.8 Å². The minimum absolute atomic E-state index is 0.626. The molecule has 0 radical (unpaired) electrons. The quantitative estimate of drug-likeness (QED) is 0.666. The van der Waals surface area contributed by atoms with E-state index in [1.807, 2.05) is 12.1 Å². The first-order chi connectivity index (χ1) is 5.94. The summed E-state index contributed by atoms with van der Waals surface area (Å²) in [5.74, 6) is -1.01. The fourth-order valence-corrected chi connectivity index (χ4v) is 1.36. The van der Waals surface area contributed by atoms with Crippen molar-refractivity contribution < 1.29 is 9.90 Å². The van der Waals surface area contributed by atoms with Crippen molar-refractivity contribution in [1.82, 2.24) is 0 Å². The summed E-state index contributed by atoms with van der Waals surface area (Å²) in [7, 11) is 0. The summed E-state index contributed by atoms with van der Waals surface area (Å²) < 4.78 is 1.15. The summed E-state index contributed by atoms with van der Waals surface area (Å²) in [4.78, 5) is 10.8. The zero-order valence-electron chi connectivity index (χ0n) is 7.32. The van der Waals surface area contributed by atoms with E-state index in [-0.39, 0.29) is 0 Å². The maximum absolute atomic E-state index is 10.8. The van der Waals surface area contributed by atoms with Gasteiger partial charge in [0.15, 0.2) is 0 Å². The first-order valence-corrected chi connectivity index (χ1v) is 5.04. The zero-order chi connectivity index (χ0) is 10.1. The maximum atomic E-state index is 10.8. The number of rotatable bonds is 2. The molecule has 0 saturated carbocycles. The molecule has 3 N–H and O–H groups in total. The Kier molecular flexibility index (Phi) is 2.79. The number of hydrogen-bond acceptors (Lipinski definition) is 2. The van der Waals surface area contributed by atoms with Crippen molar-refractivity contribution in [3.63, 3.8) is 0 Å². The van der Waals surface area contributed by atoms with E-state index in [0.29, 0.717) is 5.56 Å². The van der Waals surface area contributed by atoms with E-state index in [4.69, 9.17) is 10.8 Å². The van der Waals surface area contributed by atoms with Gasteiger partial charge < -0.3 is 0 Å². The van der Waals surface area contributed by atoms with E-state index in [2.05, 4.69) is 0 Å². The van der Waals surface area contributed by atoms with Crippen LogP contribution in [0.3, 0.4) is 0 Å². The van der Waals surface area contributed by atoms with E-state index < -0.39 is 11.5 Å². The molecule has 0 amide bonds. The number of carboxylic acids is 1. The van der Waals surface area contributed by atoms with Gasteiger partial charge in [-0.05, 0) is 0 Å². The van der Waals surface area contributed by atoms with Gasteiger partial charge in [0.05, 0.1) is 0 Å². The molecular weight excluding hydrogens is 229 g/mol. The molecule has 0 saturated heterocycles. The third-order valence-corrected chi connectivity index (χ3v) is 2.76. The molecule has 2 unspecified atom stereocenters. The molecule has 0 fully saturated rings. The van der Waals surface area contributed by atoms with Gasteiger partial charge in [-0.2, -0.15) is 0 Å². The molecule has 70 valence electrons. The van der Waals surface area contributed by atoms with Gasteiger partial charge in [-0.3, -0.25) is 0 Å². The van der Waals surface area contributed by atoms with Crippen LogP contribution in [0.15, 0.2) is 24.3 Å². The second kappa shape index (κ2) is 3.52. The second-order valence-corrected chi connectivity index (χ2v) is 4.53. The number of carboxylic acid groups (broad SMARTS) is 1. The third-order valence-electron chi connectivity index (χ3n) is 1.95. The van der Waals surface area contributed by atoms with Gasteiger partial charge in [0.1, 0.15) is 0 Å². The van der Waals surface area contributed by atoms with Crippen LogP contribution in [0.1, 0.15) is 12.5 Å². The van der Waals surface area contributed by atoms with Crippen LogP contribution in [0, 0.1) is 0 Å². The average Bonchev–Trinajstić information content (AvgIpc) is 2.04. The standard InChI is InChI=1S/C9H12AsNO2/c1-9(11,8(12)13)6-2-4-7(10)5-3-6/h2-5H,10-11H2,1H3,(H,12,13). The summed E-state index contributed by atoms with van der Waals surface area (Å²) in [5, 5.41) is 8.84. The molecule has 1 aromatic carbocycles. The Morgan fingerprint density at radius 3 is 2.31 bits per heavy atom. The zero-order valence-corrected chi connectivity index (χ0v) is 9.74. The van der Waals surface area contributed by atoms with Crippen molar-refractivity contribution in [3.05, 3.63) is 29.8 Å². The Labute approximate surface area is 85.4 Å². The molecule has 0 heterocycles. The van der Waals surface area contributed by atoms with Crippen LogP contribution in [-0.2, 0) is 10.3 Å². The van der Waals surface area contributed by atoms with Crippen LogP contribution in [0.5, 0.6) is 0 Å². The van der Waals surface area contributed by atoms with Gasteiger partial charge in [-0.15, -0.1) is 0 Å². The predicted octanol–water partition coefficient (Wildman–Crippen LogP) is -0.796. The summed E-state index contributed by atoms with van der Waals surface area (Å²) in [6.07, 6.45) is 0. The average molecular weight is 241 g/mol. The second-order valence-electron chi connectivity index (χ2n) is 3.13. The van der Waals surface area contributed by atoms with E-state index in [0.717, 1.165) is 4.35 Å². The van der Waals surface area contributed by atoms with Gasteiger partial charge in [0.25, 0.3) is 0 Å². The predicted molar refractivity (Wildman–Crippen MR) is 53.8 cm³/mol. The van der Waals surface area contributed by atoms with Gasteiger partial charge in [0, 0.05) is 0 Å². The van der Waals surface area contributed by atoms with Gasteiger partial charge in [-0.1, -0.05) is 0 Å². The molecule has 13 heavy (non-hydrogen) atoms. The van der Waals surface area contributed by atoms with Crippen LogP contribution in [0.25, 0.3) is 0 Å². The molecule has 0 aliphatic carbocycles. The van der Waals surface area contributed by atoms with E-state index >= 15 is 0 Å². The van der Waals surface area contributed by atoms with Gasteiger partial charge >= 0.3 is 85.1 Å². The summed E-state index contributed by atoms with van der Waals surface area (Å²) in [6, 6.07) is 7.27. The van der Waals surface area contributed by atoms with E-state index in [9.17, 15) is 4.79 Å². The molecule has 0 bridgehead atoms. The molecular formula is C9H12AsNO2. The van der Waals surface area contributed by atoms with Crippen molar-refractivity contribution in [2.75, 3.05) is 0 Å². The van der Waals surface area contributed by atoms with Gasteiger partial charge in [0.2, 0.25) is 0 Å². The molecule has 0 spiro atoms. The van der Waals surface area contributed by atoms with Crippen LogP contribution in [-0.4, -0.2) is 27.9 Å². The first kappa shape index (κ1) is 10.3. The number of carbonyl (C=O) groups is 1. The number of nitrogens with two attached hydrogens (primary N) is 1. The van der Waals surface area contributed by atoms with Crippen molar-refractivity contribution >= 4 is 27.2 Å². The molecule has 1 rings (SSSR count).